The van der Waals surface area contributed by atoms with Gasteiger partial charge in [-0.2, -0.15) is 4.31 Å². The minimum Gasteiger partial charge on any atom is -0.366 e. The maximum atomic E-state index is 13.1. The summed E-state index contributed by atoms with van der Waals surface area (Å²) in [4.78, 5) is 11.3. The van der Waals surface area contributed by atoms with Gasteiger partial charge in [-0.25, -0.2) is 18.4 Å². The third-order valence-corrected chi connectivity index (χ3v) is 6.76. The van der Waals surface area contributed by atoms with Gasteiger partial charge in [0.1, 0.15) is 11.6 Å². The molecule has 1 aliphatic heterocycles. The monoisotopic (exact) mass is 389 g/mol. The molecule has 1 fully saturated rings. The molecule has 0 radical (unpaired) electrons. The molecule has 0 spiro atoms. The Balaban J connectivity index is 1.81. The van der Waals surface area contributed by atoms with Gasteiger partial charge in [-0.15, -0.1) is 0 Å². The maximum absolute atomic E-state index is 13.1. The fourth-order valence-electron chi connectivity index (χ4n) is 3.16. The number of anilines is 1. The summed E-state index contributed by atoms with van der Waals surface area (Å²) in [5.41, 5.74) is 1.70. The first-order valence-corrected chi connectivity index (χ1v) is 10.7. The molecule has 1 aromatic heterocycles. The minimum absolute atomic E-state index is 0.364. The predicted molar refractivity (Wildman–Crippen MR) is 106 cm³/mol. The van der Waals surface area contributed by atoms with E-state index in [0.717, 1.165) is 30.8 Å². The molecule has 0 bridgehead atoms. The second-order valence-electron chi connectivity index (χ2n) is 6.81. The van der Waals surface area contributed by atoms with Crippen LogP contribution in [0.4, 0.5) is 5.82 Å². The lowest BCUT2D eigenvalue weighted by Gasteiger charge is -2.32. The number of piperazine rings is 1. The van der Waals surface area contributed by atoms with Crippen molar-refractivity contribution in [1.29, 1.82) is 0 Å². The number of nitrogens with zero attached hydrogens (tertiary/aromatic N) is 4. The standard InChI is InChI=1S/C19H27N5O2S/c1-4-17-13-19(22-15(2)21-17)20-14-16-7-5-6-8-18(16)27(25,26)24-11-9-23(3)10-12-24/h5-8,13H,4,9-12,14H2,1-3H3,(H,20,21,22). The number of nitrogens with one attached hydrogen (secondary N) is 1. The van der Waals surface area contributed by atoms with Gasteiger partial charge in [-0.3, -0.25) is 0 Å². The van der Waals surface area contributed by atoms with Crippen molar-refractivity contribution in [3.8, 4) is 0 Å². The number of rotatable bonds is 6. The Hall–Kier alpha value is -2.03. The van der Waals surface area contributed by atoms with E-state index in [1.165, 1.54) is 0 Å². The van der Waals surface area contributed by atoms with Crippen LogP contribution in [-0.4, -0.2) is 60.8 Å². The second-order valence-corrected chi connectivity index (χ2v) is 8.72. The Morgan fingerprint density at radius 2 is 1.81 bits per heavy atom. The van der Waals surface area contributed by atoms with E-state index in [0.29, 0.717) is 36.2 Å². The lowest BCUT2D eigenvalue weighted by molar-refractivity contribution is 0.222. The van der Waals surface area contributed by atoms with E-state index in [-0.39, 0.29) is 0 Å². The summed E-state index contributed by atoms with van der Waals surface area (Å²) >= 11 is 0. The molecule has 2 aromatic rings. The van der Waals surface area contributed by atoms with Gasteiger partial charge in [-0.05, 0) is 32.0 Å². The number of hydrogen-bond donors (Lipinski definition) is 1. The first-order chi connectivity index (χ1) is 12.9. The Bertz CT molecular complexity index is 893. The highest BCUT2D eigenvalue weighted by Crippen LogP contribution is 2.22. The molecule has 0 amide bonds. The van der Waals surface area contributed by atoms with Crippen molar-refractivity contribution >= 4 is 15.8 Å². The third kappa shape index (κ3) is 4.63. The fourth-order valence-corrected chi connectivity index (χ4v) is 4.80. The van der Waals surface area contributed by atoms with Gasteiger partial charge in [0.05, 0.1) is 4.90 Å². The van der Waals surface area contributed by atoms with E-state index < -0.39 is 10.0 Å². The molecular weight excluding hydrogens is 362 g/mol. The fraction of sp³-hybridized carbons (Fsp3) is 0.474. The van der Waals surface area contributed by atoms with Crippen molar-refractivity contribution < 1.29 is 8.42 Å². The van der Waals surface area contributed by atoms with Crippen LogP contribution in [0.15, 0.2) is 35.2 Å². The molecule has 0 atom stereocenters. The number of likely N-dealkylation sites (N-methyl/N-ethyl adjacent to an activating group) is 1. The zero-order valence-corrected chi connectivity index (χ0v) is 17.0. The number of benzene rings is 1. The summed E-state index contributed by atoms with van der Waals surface area (Å²) in [6.07, 6.45) is 0.826. The predicted octanol–water partition coefficient (Wildman–Crippen LogP) is 1.90. The summed E-state index contributed by atoms with van der Waals surface area (Å²) in [5.74, 6) is 1.42. The van der Waals surface area contributed by atoms with E-state index in [1.807, 2.05) is 39.1 Å². The smallest absolute Gasteiger partial charge is 0.243 e. The van der Waals surface area contributed by atoms with Crippen LogP contribution < -0.4 is 5.32 Å². The lowest BCUT2D eigenvalue weighted by atomic mass is 10.2. The van der Waals surface area contributed by atoms with Crippen molar-refractivity contribution in [3.05, 3.63) is 47.4 Å². The summed E-state index contributed by atoms with van der Waals surface area (Å²) in [5, 5.41) is 3.26. The zero-order chi connectivity index (χ0) is 19.4. The lowest BCUT2D eigenvalue weighted by Crippen LogP contribution is -2.47. The normalized spacial score (nSPS) is 16.4. The maximum Gasteiger partial charge on any atom is 0.243 e. The van der Waals surface area contributed by atoms with Crippen molar-refractivity contribution in [2.75, 3.05) is 38.5 Å². The highest BCUT2D eigenvalue weighted by Gasteiger charge is 2.29. The van der Waals surface area contributed by atoms with Crippen LogP contribution in [0, 0.1) is 6.92 Å². The van der Waals surface area contributed by atoms with Crippen molar-refractivity contribution in [3.63, 3.8) is 0 Å². The molecule has 0 saturated carbocycles. The van der Waals surface area contributed by atoms with Crippen LogP contribution in [0.25, 0.3) is 0 Å². The summed E-state index contributed by atoms with van der Waals surface area (Å²) in [6, 6.07) is 9.09. The first-order valence-electron chi connectivity index (χ1n) is 9.25. The van der Waals surface area contributed by atoms with E-state index in [2.05, 4.69) is 20.2 Å². The molecule has 1 aliphatic rings. The Kier molecular flexibility index (Phi) is 6.08. The topological polar surface area (TPSA) is 78.4 Å². The number of aromatic nitrogens is 2. The van der Waals surface area contributed by atoms with Crippen LogP contribution in [0.2, 0.25) is 0 Å². The molecule has 3 rings (SSSR count). The molecule has 7 nitrogen and oxygen atoms in total. The largest absolute Gasteiger partial charge is 0.366 e. The molecule has 1 saturated heterocycles. The molecule has 1 aromatic carbocycles. The quantitative estimate of drug-likeness (QED) is 0.813. The average Bonchev–Trinajstić information content (AvgIpc) is 2.66. The van der Waals surface area contributed by atoms with Crippen LogP contribution in [0.3, 0.4) is 0 Å². The summed E-state index contributed by atoms with van der Waals surface area (Å²) in [6.45, 7) is 6.83. The van der Waals surface area contributed by atoms with Crippen molar-refractivity contribution in [2.45, 2.75) is 31.7 Å². The van der Waals surface area contributed by atoms with Gasteiger partial charge in [0, 0.05) is 44.5 Å². The molecule has 27 heavy (non-hydrogen) atoms. The van der Waals surface area contributed by atoms with Crippen LogP contribution in [0.1, 0.15) is 24.0 Å². The molecule has 8 heteroatoms. The molecule has 0 aliphatic carbocycles. The second kappa shape index (κ2) is 8.33. The zero-order valence-electron chi connectivity index (χ0n) is 16.1. The van der Waals surface area contributed by atoms with Crippen LogP contribution in [-0.2, 0) is 23.0 Å². The molecular formula is C19H27N5O2S. The summed E-state index contributed by atoms with van der Waals surface area (Å²) < 4.78 is 27.8. The molecule has 1 N–H and O–H groups in total. The third-order valence-electron chi connectivity index (χ3n) is 4.77. The first kappa shape index (κ1) is 19.7. The van der Waals surface area contributed by atoms with E-state index in [4.69, 9.17) is 0 Å². The van der Waals surface area contributed by atoms with Gasteiger partial charge in [0.25, 0.3) is 0 Å². The van der Waals surface area contributed by atoms with E-state index in [1.54, 1.807) is 16.4 Å². The van der Waals surface area contributed by atoms with Gasteiger partial charge in [0.2, 0.25) is 10.0 Å². The van der Waals surface area contributed by atoms with Crippen molar-refractivity contribution in [2.24, 2.45) is 0 Å². The number of aryl methyl sites for hydroxylation is 2. The van der Waals surface area contributed by atoms with E-state index in [9.17, 15) is 8.42 Å². The average molecular weight is 390 g/mol. The molecule has 146 valence electrons. The Morgan fingerprint density at radius 3 is 2.52 bits per heavy atom. The van der Waals surface area contributed by atoms with Crippen LogP contribution >= 0.6 is 0 Å². The van der Waals surface area contributed by atoms with Gasteiger partial charge in [-0.1, -0.05) is 25.1 Å². The van der Waals surface area contributed by atoms with Gasteiger partial charge < -0.3 is 10.2 Å². The Labute approximate surface area is 161 Å². The van der Waals surface area contributed by atoms with Gasteiger partial charge >= 0.3 is 0 Å². The highest BCUT2D eigenvalue weighted by molar-refractivity contribution is 7.89. The summed E-state index contributed by atoms with van der Waals surface area (Å²) in [7, 11) is -1.50. The van der Waals surface area contributed by atoms with Crippen LogP contribution in [0.5, 0.6) is 0 Å². The Morgan fingerprint density at radius 1 is 1.11 bits per heavy atom. The van der Waals surface area contributed by atoms with Gasteiger partial charge in [0.15, 0.2) is 0 Å². The van der Waals surface area contributed by atoms with Crippen molar-refractivity contribution in [1.82, 2.24) is 19.2 Å². The number of sulfonamides is 1. The van der Waals surface area contributed by atoms with E-state index >= 15 is 0 Å². The molecule has 2 heterocycles. The highest BCUT2D eigenvalue weighted by atomic mass is 32.2. The minimum atomic E-state index is -3.51. The SMILES string of the molecule is CCc1cc(NCc2ccccc2S(=O)(=O)N2CCN(C)CC2)nc(C)n1. The molecule has 0 unspecified atom stereocenters. The number of hydrogen-bond acceptors (Lipinski definition) is 6.